The van der Waals surface area contributed by atoms with Crippen LogP contribution in [-0.2, 0) is 17.4 Å². The quantitative estimate of drug-likeness (QED) is 0.815. The van der Waals surface area contributed by atoms with Crippen molar-refractivity contribution in [1.29, 1.82) is 0 Å². The molecule has 0 saturated carbocycles. The Morgan fingerprint density at radius 1 is 1.03 bits per heavy atom. The maximum absolute atomic E-state index is 13.2. The number of Topliss-reactive ketones (excluding diaryl/α,β-unsaturated/α-hetero) is 1. The van der Waals surface area contributed by atoms with E-state index in [0.29, 0.717) is 29.5 Å². The zero-order valence-corrected chi connectivity index (χ0v) is 16.0. The smallest absolute Gasteiger partial charge is 0.352 e. The molecule has 1 fully saturated rings. The summed E-state index contributed by atoms with van der Waals surface area (Å²) in [5, 5.41) is 2.67. The number of nitrogens with zero attached hydrogens (tertiary/aromatic N) is 1. The van der Waals surface area contributed by atoms with E-state index < -0.39 is 29.6 Å². The highest BCUT2D eigenvalue weighted by Crippen LogP contribution is 2.32. The Hall–Kier alpha value is -3.16. The second-order valence-corrected chi connectivity index (χ2v) is 7.46. The summed E-state index contributed by atoms with van der Waals surface area (Å²) in [6.45, 7) is 0.484. The summed E-state index contributed by atoms with van der Waals surface area (Å²) < 4.78 is 38.6. The van der Waals surface area contributed by atoms with Gasteiger partial charge in [-0.2, -0.15) is 13.2 Å². The molecule has 4 rings (SSSR count). The third-order valence-corrected chi connectivity index (χ3v) is 5.53. The monoisotopic (exact) mass is 416 g/mol. The van der Waals surface area contributed by atoms with Gasteiger partial charge in [-0.3, -0.25) is 14.4 Å². The van der Waals surface area contributed by atoms with Gasteiger partial charge in [0, 0.05) is 30.6 Å². The Morgan fingerprint density at radius 3 is 2.47 bits per heavy atom. The highest BCUT2D eigenvalue weighted by molar-refractivity contribution is 6.02. The normalized spacial score (nSPS) is 19.3. The minimum atomic E-state index is -4.48. The van der Waals surface area contributed by atoms with Crippen molar-refractivity contribution in [3.05, 3.63) is 70.3 Å². The van der Waals surface area contributed by atoms with Crippen molar-refractivity contribution in [3.8, 4) is 0 Å². The number of benzene rings is 2. The lowest BCUT2D eigenvalue weighted by molar-refractivity contribution is -0.137. The van der Waals surface area contributed by atoms with Crippen LogP contribution < -0.4 is 5.32 Å². The number of amides is 2. The molecule has 30 heavy (non-hydrogen) atoms. The topological polar surface area (TPSA) is 66.5 Å². The van der Waals surface area contributed by atoms with Gasteiger partial charge in [-0.1, -0.05) is 18.2 Å². The molecule has 2 aliphatic rings. The van der Waals surface area contributed by atoms with Crippen LogP contribution in [0.25, 0.3) is 0 Å². The second kappa shape index (κ2) is 7.59. The van der Waals surface area contributed by atoms with Crippen molar-refractivity contribution < 1.29 is 27.6 Å². The largest absolute Gasteiger partial charge is 0.416 e. The third kappa shape index (κ3) is 3.69. The zero-order valence-electron chi connectivity index (χ0n) is 16.0. The zero-order chi connectivity index (χ0) is 21.5. The molecule has 2 aromatic rings. The highest BCUT2D eigenvalue weighted by Gasteiger charge is 2.36. The van der Waals surface area contributed by atoms with Crippen molar-refractivity contribution in [2.24, 2.45) is 0 Å². The molecule has 1 aliphatic heterocycles. The molecule has 1 saturated heterocycles. The molecule has 1 aliphatic carbocycles. The van der Waals surface area contributed by atoms with E-state index >= 15 is 0 Å². The van der Waals surface area contributed by atoms with E-state index in [1.807, 2.05) is 0 Å². The summed E-state index contributed by atoms with van der Waals surface area (Å²) in [4.78, 5) is 39.1. The van der Waals surface area contributed by atoms with Crippen LogP contribution in [0.2, 0.25) is 0 Å². The van der Waals surface area contributed by atoms with Crippen LogP contribution in [0.1, 0.15) is 56.3 Å². The molecule has 1 unspecified atom stereocenters. The molecule has 0 bridgehead atoms. The van der Waals surface area contributed by atoms with Crippen LogP contribution >= 0.6 is 0 Å². The fourth-order valence-electron chi connectivity index (χ4n) is 4.02. The van der Waals surface area contributed by atoms with E-state index in [1.54, 1.807) is 18.2 Å². The van der Waals surface area contributed by atoms with Gasteiger partial charge in [-0.15, -0.1) is 0 Å². The van der Waals surface area contributed by atoms with Crippen molar-refractivity contribution >= 4 is 17.6 Å². The fraction of sp³-hybridized carbons (Fsp3) is 0.318. The molecule has 0 spiro atoms. The van der Waals surface area contributed by atoms with Crippen LogP contribution in [0.5, 0.6) is 0 Å². The maximum atomic E-state index is 13.2. The minimum absolute atomic E-state index is 0.0511. The molecule has 1 heterocycles. The average molecular weight is 416 g/mol. The molecular formula is C22H19F3N2O3. The Morgan fingerprint density at radius 2 is 1.77 bits per heavy atom. The number of alkyl halides is 3. The van der Waals surface area contributed by atoms with Crippen molar-refractivity contribution in [1.82, 2.24) is 10.2 Å². The summed E-state index contributed by atoms with van der Waals surface area (Å²) in [5.74, 6) is -0.784. The summed E-state index contributed by atoms with van der Waals surface area (Å²) in [6.07, 6.45) is -2.57. The number of ketones is 1. The minimum Gasteiger partial charge on any atom is -0.352 e. The number of halogens is 3. The Kier molecular flexibility index (Phi) is 5.09. The van der Waals surface area contributed by atoms with Gasteiger partial charge in [0.05, 0.1) is 5.56 Å². The van der Waals surface area contributed by atoms with Crippen LogP contribution in [0.3, 0.4) is 0 Å². The van der Waals surface area contributed by atoms with Gasteiger partial charge >= 0.3 is 6.18 Å². The lowest BCUT2D eigenvalue weighted by Gasteiger charge is -2.35. The van der Waals surface area contributed by atoms with Gasteiger partial charge < -0.3 is 10.2 Å². The Balaban J connectivity index is 1.65. The lowest BCUT2D eigenvalue weighted by atomic mass is 9.89. The molecule has 156 valence electrons. The molecule has 0 aromatic heterocycles. The first-order valence-corrected chi connectivity index (χ1v) is 9.67. The summed E-state index contributed by atoms with van der Waals surface area (Å²) in [5.41, 5.74) is 1.27. The lowest BCUT2D eigenvalue weighted by Crippen LogP contribution is -2.52. The molecule has 8 heteroatoms. The number of carbonyl (C=O) groups excluding carboxylic acids is 3. The number of aryl methyl sites for hydroxylation is 1. The van der Waals surface area contributed by atoms with Gasteiger partial charge in [0.2, 0.25) is 5.91 Å². The Bertz CT molecular complexity index is 1020. The van der Waals surface area contributed by atoms with Crippen LogP contribution in [0.4, 0.5) is 13.2 Å². The predicted molar refractivity (Wildman–Crippen MR) is 102 cm³/mol. The number of carbonyl (C=O) groups is 3. The van der Waals surface area contributed by atoms with Crippen molar-refractivity contribution in [2.75, 3.05) is 13.1 Å². The van der Waals surface area contributed by atoms with Gasteiger partial charge in [0.15, 0.2) is 5.78 Å². The number of rotatable bonds is 2. The number of nitrogens with one attached hydrogen (secondary N) is 1. The summed E-state index contributed by atoms with van der Waals surface area (Å²) in [7, 11) is 0. The van der Waals surface area contributed by atoms with E-state index in [1.165, 1.54) is 17.0 Å². The van der Waals surface area contributed by atoms with Gasteiger partial charge in [-0.05, 0) is 48.2 Å². The van der Waals surface area contributed by atoms with E-state index in [4.69, 9.17) is 0 Å². The van der Waals surface area contributed by atoms with E-state index in [2.05, 4.69) is 5.32 Å². The average Bonchev–Trinajstić information content (AvgIpc) is 2.72. The number of hydrogen-bond acceptors (Lipinski definition) is 3. The molecule has 1 atom stereocenters. The summed E-state index contributed by atoms with van der Waals surface area (Å²) in [6, 6.07) is 8.14. The van der Waals surface area contributed by atoms with E-state index in [-0.39, 0.29) is 18.9 Å². The van der Waals surface area contributed by atoms with Gasteiger partial charge in [-0.25, -0.2) is 0 Å². The highest BCUT2D eigenvalue weighted by atomic mass is 19.4. The van der Waals surface area contributed by atoms with Crippen LogP contribution in [-0.4, -0.2) is 35.6 Å². The standard InChI is InChI=1S/C22H19F3N2O3/c23-22(24,25)16-7-4-13(5-8-16)19-20(29)26-10-11-27(19)21(30)15-6-9-17-14(12-15)2-1-3-18(17)28/h4-9,12,19H,1-3,10-11H2,(H,26,29). The fourth-order valence-corrected chi connectivity index (χ4v) is 4.02. The van der Waals surface area contributed by atoms with Crippen molar-refractivity contribution in [2.45, 2.75) is 31.5 Å². The van der Waals surface area contributed by atoms with Gasteiger partial charge in [0.1, 0.15) is 6.04 Å². The maximum Gasteiger partial charge on any atom is 0.416 e. The first kappa shape index (κ1) is 20.1. The predicted octanol–water partition coefficient (Wildman–Crippen LogP) is 3.54. The number of fused-ring (bicyclic) bond motifs is 1. The molecule has 1 N–H and O–H groups in total. The first-order valence-electron chi connectivity index (χ1n) is 9.67. The summed E-state index contributed by atoms with van der Waals surface area (Å²) >= 11 is 0. The molecule has 2 amide bonds. The molecular weight excluding hydrogens is 397 g/mol. The van der Waals surface area contributed by atoms with Crippen molar-refractivity contribution in [3.63, 3.8) is 0 Å². The SMILES string of the molecule is O=C1CCCc2cc(C(=O)N3CCNC(=O)C3c3ccc(C(F)(F)F)cc3)ccc21. The molecule has 0 radical (unpaired) electrons. The van der Waals surface area contributed by atoms with Crippen LogP contribution in [0.15, 0.2) is 42.5 Å². The van der Waals surface area contributed by atoms with E-state index in [9.17, 15) is 27.6 Å². The Labute approximate surface area is 170 Å². The second-order valence-electron chi connectivity index (χ2n) is 7.46. The van der Waals surface area contributed by atoms with Gasteiger partial charge in [0.25, 0.3) is 5.91 Å². The van der Waals surface area contributed by atoms with Crippen LogP contribution in [0, 0.1) is 0 Å². The number of piperazine rings is 1. The molecule has 5 nitrogen and oxygen atoms in total. The van der Waals surface area contributed by atoms with E-state index in [0.717, 1.165) is 24.1 Å². The first-order chi connectivity index (χ1) is 14.3. The number of hydrogen-bond donors (Lipinski definition) is 1. The molecule has 2 aromatic carbocycles. The third-order valence-electron chi connectivity index (χ3n) is 5.53.